The van der Waals surface area contributed by atoms with Gasteiger partial charge >= 0.3 is 0 Å². The summed E-state index contributed by atoms with van der Waals surface area (Å²) < 4.78 is 0. The van der Waals surface area contributed by atoms with Gasteiger partial charge in [-0.2, -0.15) is 5.26 Å². The molecule has 0 radical (unpaired) electrons. The van der Waals surface area contributed by atoms with E-state index < -0.39 is 0 Å². The molecule has 0 aliphatic heterocycles. The zero-order valence-corrected chi connectivity index (χ0v) is 11.4. The van der Waals surface area contributed by atoms with Crippen molar-refractivity contribution in [3.8, 4) is 22.9 Å². The Morgan fingerprint density at radius 2 is 1.68 bits per heavy atom. The van der Waals surface area contributed by atoms with Gasteiger partial charge in [0.2, 0.25) is 0 Å². The predicted molar refractivity (Wildman–Crippen MR) is 77.0 cm³/mol. The van der Waals surface area contributed by atoms with Gasteiger partial charge in [0.25, 0.3) is 0 Å². The molecule has 0 saturated heterocycles. The maximum atomic E-state index is 10.1. The van der Waals surface area contributed by atoms with Crippen molar-refractivity contribution in [1.82, 2.24) is 0 Å². The summed E-state index contributed by atoms with van der Waals surface area (Å²) in [5.74, 6) is 0.204. The van der Waals surface area contributed by atoms with E-state index in [9.17, 15) is 5.11 Å². The monoisotopic (exact) mass is 251 g/mol. The van der Waals surface area contributed by atoms with E-state index in [0.29, 0.717) is 11.1 Å². The summed E-state index contributed by atoms with van der Waals surface area (Å²) >= 11 is 0. The largest absolute Gasteiger partial charge is 0.507 e. The third-order valence-corrected chi connectivity index (χ3v) is 3.20. The molecule has 0 aliphatic carbocycles. The SMILES string of the molecule is CC(C)(C)c1ccc(O)c(-c2ccccc2C#N)c1. The van der Waals surface area contributed by atoms with Crippen molar-refractivity contribution in [2.45, 2.75) is 26.2 Å². The normalized spacial score (nSPS) is 11.1. The van der Waals surface area contributed by atoms with Crippen LogP contribution in [-0.4, -0.2) is 5.11 Å². The van der Waals surface area contributed by atoms with Crippen molar-refractivity contribution in [2.24, 2.45) is 0 Å². The van der Waals surface area contributed by atoms with Crippen LogP contribution < -0.4 is 0 Å². The maximum absolute atomic E-state index is 10.1. The number of aromatic hydroxyl groups is 1. The molecule has 0 aromatic heterocycles. The number of phenolic OH excluding ortho intramolecular Hbond substituents is 1. The van der Waals surface area contributed by atoms with Crippen molar-refractivity contribution in [3.63, 3.8) is 0 Å². The molecule has 2 rings (SSSR count). The summed E-state index contributed by atoms with van der Waals surface area (Å²) in [5, 5.41) is 19.2. The average molecular weight is 251 g/mol. The van der Waals surface area contributed by atoms with Crippen molar-refractivity contribution in [2.75, 3.05) is 0 Å². The molecule has 96 valence electrons. The minimum Gasteiger partial charge on any atom is -0.507 e. The van der Waals surface area contributed by atoms with Gasteiger partial charge in [0.15, 0.2) is 0 Å². The Morgan fingerprint density at radius 1 is 1.00 bits per heavy atom. The van der Waals surface area contributed by atoms with E-state index in [1.54, 1.807) is 12.1 Å². The van der Waals surface area contributed by atoms with E-state index in [0.717, 1.165) is 11.1 Å². The van der Waals surface area contributed by atoms with Gasteiger partial charge in [0.1, 0.15) is 5.75 Å². The lowest BCUT2D eigenvalue weighted by Gasteiger charge is -2.20. The molecule has 0 saturated carbocycles. The standard InChI is InChI=1S/C17H17NO/c1-17(2,3)13-8-9-16(19)15(10-13)14-7-5-4-6-12(14)11-18/h4-10,19H,1-3H3. The molecule has 19 heavy (non-hydrogen) atoms. The van der Waals surface area contributed by atoms with E-state index in [1.807, 2.05) is 30.3 Å². The Bertz CT molecular complexity index is 645. The van der Waals surface area contributed by atoms with E-state index in [-0.39, 0.29) is 11.2 Å². The Kier molecular flexibility index (Phi) is 3.31. The lowest BCUT2D eigenvalue weighted by Crippen LogP contribution is -2.10. The summed E-state index contributed by atoms with van der Waals surface area (Å²) in [6.07, 6.45) is 0. The lowest BCUT2D eigenvalue weighted by molar-refractivity contribution is 0.476. The van der Waals surface area contributed by atoms with Gasteiger partial charge in [-0.1, -0.05) is 45.0 Å². The van der Waals surface area contributed by atoms with E-state index in [1.165, 1.54) is 0 Å². The molecule has 0 fully saturated rings. The Balaban J connectivity index is 2.66. The zero-order chi connectivity index (χ0) is 14.0. The molecular formula is C17H17NO. The molecule has 0 bridgehead atoms. The number of nitriles is 1. The molecule has 2 nitrogen and oxygen atoms in total. The number of rotatable bonds is 1. The highest BCUT2D eigenvalue weighted by Crippen LogP contribution is 2.35. The van der Waals surface area contributed by atoms with E-state index in [2.05, 4.69) is 26.8 Å². The smallest absolute Gasteiger partial charge is 0.123 e. The average Bonchev–Trinajstić information content (AvgIpc) is 2.38. The number of hydrogen-bond acceptors (Lipinski definition) is 2. The summed E-state index contributed by atoms with van der Waals surface area (Å²) in [6, 6.07) is 15.1. The van der Waals surface area contributed by atoms with Gasteiger partial charge in [0.05, 0.1) is 11.6 Å². The minimum absolute atomic E-state index is 0.00400. The first-order chi connectivity index (χ1) is 8.93. The van der Waals surface area contributed by atoms with Crippen LogP contribution in [0.25, 0.3) is 11.1 Å². The summed E-state index contributed by atoms with van der Waals surface area (Å²) in [4.78, 5) is 0. The molecule has 0 heterocycles. The minimum atomic E-state index is 0.00400. The molecule has 2 aromatic carbocycles. The molecule has 0 unspecified atom stereocenters. The quantitative estimate of drug-likeness (QED) is 0.824. The lowest BCUT2D eigenvalue weighted by atomic mass is 9.85. The molecule has 0 atom stereocenters. The van der Waals surface area contributed by atoms with Crippen LogP contribution in [0.3, 0.4) is 0 Å². The Hall–Kier alpha value is -2.27. The van der Waals surface area contributed by atoms with Crippen molar-refractivity contribution in [1.29, 1.82) is 5.26 Å². The number of nitrogens with zero attached hydrogens (tertiary/aromatic N) is 1. The number of benzene rings is 2. The highest BCUT2D eigenvalue weighted by molar-refractivity contribution is 5.76. The molecular weight excluding hydrogens is 234 g/mol. The first kappa shape index (κ1) is 13.2. The third kappa shape index (κ3) is 2.61. The topological polar surface area (TPSA) is 44.0 Å². The van der Waals surface area contributed by atoms with E-state index in [4.69, 9.17) is 5.26 Å². The van der Waals surface area contributed by atoms with Crippen LogP contribution in [0, 0.1) is 11.3 Å². The van der Waals surface area contributed by atoms with Crippen LogP contribution in [0.5, 0.6) is 5.75 Å². The van der Waals surface area contributed by atoms with Crippen LogP contribution in [0.1, 0.15) is 31.9 Å². The fraction of sp³-hybridized carbons (Fsp3) is 0.235. The number of phenols is 1. The molecule has 2 aromatic rings. The van der Waals surface area contributed by atoms with Crippen LogP contribution >= 0.6 is 0 Å². The van der Waals surface area contributed by atoms with Crippen molar-refractivity contribution in [3.05, 3.63) is 53.6 Å². The molecule has 1 N–H and O–H groups in total. The van der Waals surface area contributed by atoms with E-state index >= 15 is 0 Å². The van der Waals surface area contributed by atoms with Crippen LogP contribution in [0.4, 0.5) is 0 Å². The fourth-order valence-electron chi connectivity index (χ4n) is 2.03. The molecule has 0 aliphatic rings. The third-order valence-electron chi connectivity index (χ3n) is 3.20. The van der Waals surface area contributed by atoms with Gasteiger partial charge in [-0.05, 0) is 29.2 Å². The van der Waals surface area contributed by atoms with Crippen LogP contribution in [-0.2, 0) is 5.41 Å². The molecule has 0 spiro atoms. The second-order valence-corrected chi connectivity index (χ2v) is 5.64. The second-order valence-electron chi connectivity index (χ2n) is 5.64. The summed E-state index contributed by atoms with van der Waals surface area (Å²) in [7, 11) is 0. The Labute approximate surface area is 114 Å². The molecule has 2 heteroatoms. The van der Waals surface area contributed by atoms with Crippen molar-refractivity contribution >= 4 is 0 Å². The summed E-state index contributed by atoms with van der Waals surface area (Å²) in [6.45, 7) is 6.37. The summed E-state index contributed by atoms with van der Waals surface area (Å²) in [5.41, 5.74) is 3.19. The second kappa shape index (κ2) is 4.78. The van der Waals surface area contributed by atoms with Gasteiger partial charge in [0, 0.05) is 11.1 Å². The van der Waals surface area contributed by atoms with Gasteiger partial charge < -0.3 is 5.11 Å². The molecule has 0 amide bonds. The Morgan fingerprint density at radius 3 is 2.32 bits per heavy atom. The van der Waals surface area contributed by atoms with Crippen LogP contribution in [0.15, 0.2) is 42.5 Å². The first-order valence-corrected chi connectivity index (χ1v) is 6.26. The zero-order valence-electron chi connectivity index (χ0n) is 11.4. The highest BCUT2D eigenvalue weighted by atomic mass is 16.3. The van der Waals surface area contributed by atoms with Crippen LogP contribution in [0.2, 0.25) is 0 Å². The maximum Gasteiger partial charge on any atom is 0.123 e. The predicted octanol–water partition coefficient (Wildman–Crippen LogP) is 4.23. The van der Waals surface area contributed by atoms with Crippen molar-refractivity contribution < 1.29 is 5.11 Å². The van der Waals surface area contributed by atoms with Gasteiger partial charge in [-0.3, -0.25) is 0 Å². The highest BCUT2D eigenvalue weighted by Gasteiger charge is 2.17. The number of hydrogen-bond donors (Lipinski definition) is 1. The first-order valence-electron chi connectivity index (χ1n) is 6.26. The van der Waals surface area contributed by atoms with Gasteiger partial charge in [-0.15, -0.1) is 0 Å². The fourth-order valence-corrected chi connectivity index (χ4v) is 2.03. The van der Waals surface area contributed by atoms with Gasteiger partial charge in [-0.25, -0.2) is 0 Å².